The highest BCUT2D eigenvalue weighted by molar-refractivity contribution is 7.89. The van der Waals surface area contributed by atoms with E-state index in [2.05, 4.69) is 4.72 Å². The van der Waals surface area contributed by atoms with Crippen molar-refractivity contribution in [2.75, 3.05) is 12.4 Å². The number of ether oxygens (including phenoxy) is 1. The van der Waals surface area contributed by atoms with Gasteiger partial charge in [0.15, 0.2) is 11.6 Å². The molecule has 23 heavy (non-hydrogen) atoms. The molecule has 2 rings (SSSR count). The third kappa shape index (κ3) is 5.91. The molecule has 1 aliphatic rings. The van der Waals surface area contributed by atoms with Crippen LogP contribution in [0.5, 0.6) is 5.75 Å². The Balaban J connectivity index is 1.98. The van der Waals surface area contributed by atoms with Crippen molar-refractivity contribution in [3.05, 3.63) is 29.6 Å². The molecule has 1 aromatic rings. The van der Waals surface area contributed by atoms with Crippen LogP contribution in [0.4, 0.5) is 4.39 Å². The fourth-order valence-electron chi connectivity index (χ4n) is 2.15. The van der Waals surface area contributed by atoms with Gasteiger partial charge in [0.25, 0.3) is 0 Å². The van der Waals surface area contributed by atoms with Crippen LogP contribution in [0, 0.1) is 11.7 Å². The van der Waals surface area contributed by atoms with Crippen molar-refractivity contribution < 1.29 is 22.3 Å². The lowest BCUT2D eigenvalue weighted by Gasteiger charge is -2.16. The van der Waals surface area contributed by atoms with Gasteiger partial charge in [-0.3, -0.25) is 0 Å². The van der Waals surface area contributed by atoms with E-state index in [9.17, 15) is 17.6 Å². The molecule has 5 nitrogen and oxygen atoms in total. The second-order valence-corrected chi connectivity index (χ2v) is 7.78. The first kappa shape index (κ1) is 17.9. The summed E-state index contributed by atoms with van der Waals surface area (Å²) < 4.78 is 45.6. The van der Waals surface area contributed by atoms with Gasteiger partial charge >= 0.3 is 0 Å². The predicted octanol–water partition coefficient (Wildman–Crippen LogP) is 2.57. The van der Waals surface area contributed by atoms with Gasteiger partial charge in [0.1, 0.15) is 6.29 Å². The smallest absolute Gasteiger partial charge is 0.212 e. The number of hydrogen-bond acceptors (Lipinski definition) is 4. The normalized spacial score (nSPS) is 16.1. The molecule has 7 heteroatoms. The molecule has 0 saturated heterocycles. The summed E-state index contributed by atoms with van der Waals surface area (Å²) in [5, 5.41) is 0. The van der Waals surface area contributed by atoms with Gasteiger partial charge < -0.3 is 9.53 Å². The van der Waals surface area contributed by atoms with E-state index in [-0.39, 0.29) is 24.3 Å². The number of carbonyl (C=O) groups excluding carboxylic acids is 1. The van der Waals surface area contributed by atoms with E-state index in [1.807, 2.05) is 0 Å². The molecule has 0 bridgehead atoms. The van der Waals surface area contributed by atoms with E-state index < -0.39 is 21.9 Å². The molecular weight excluding hydrogens is 321 g/mol. The lowest BCUT2D eigenvalue weighted by atomic mass is 10.1. The number of rotatable bonds is 10. The Hall–Kier alpha value is -1.47. The maximum atomic E-state index is 13.8. The minimum Gasteiger partial charge on any atom is -0.490 e. The van der Waals surface area contributed by atoms with E-state index >= 15 is 0 Å². The van der Waals surface area contributed by atoms with Crippen molar-refractivity contribution in [1.29, 1.82) is 0 Å². The van der Waals surface area contributed by atoms with E-state index in [1.54, 1.807) is 6.92 Å². The Kier molecular flexibility index (Phi) is 6.12. The van der Waals surface area contributed by atoms with Crippen LogP contribution >= 0.6 is 0 Å². The molecule has 0 unspecified atom stereocenters. The summed E-state index contributed by atoms with van der Waals surface area (Å²) >= 11 is 0. The number of nitrogens with one attached hydrogen (secondary N) is 1. The van der Waals surface area contributed by atoms with Crippen molar-refractivity contribution in [2.45, 2.75) is 38.6 Å². The Morgan fingerprint density at radius 3 is 2.83 bits per heavy atom. The molecule has 1 atom stereocenters. The van der Waals surface area contributed by atoms with E-state index in [1.165, 1.54) is 18.2 Å². The average Bonchev–Trinajstić information content (AvgIpc) is 3.30. The fourth-order valence-corrected chi connectivity index (χ4v) is 3.48. The zero-order chi connectivity index (χ0) is 16.9. The van der Waals surface area contributed by atoms with Crippen LogP contribution in [0.25, 0.3) is 0 Å². The van der Waals surface area contributed by atoms with Crippen molar-refractivity contribution in [3.63, 3.8) is 0 Å². The van der Waals surface area contributed by atoms with E-state index in [0.29, 0.717) is 24.4 Å². The quantitative estimate of drug-likeness (QED) is 0.523. The predicted molar refractivity (Wildman–Crippen MR) is 85.3 cm³/mol. The average molecular weight is 343 g/mol. The van der Waals surface area contributed by atoms with Crippen LogP contribution in [0.2, 0.25) is 0 Å². The van der Waals surface area contributed by atoms with Gasteiger partial charge in [-0.25, -0.2) is 17.5 Å². The first-order valence-electron chi connectivity index (χ1n) is 7.77. The van der Waals surface area contributed by atoms with E-state index in [4.69, 9.17) is 4.74 Å². The van der Waals surface area contributed by atoms with Crippen LogP contribution in [-0.4, -0.2) is 27.1 Å². The SMILES string of the molecule is C[C@@H](NS(=O)(=O)CCCC=O)c1ccc(F)c(OCC2CC2)c1. The number of sulfonamides is 1. The number of hydrogen-bond donors (Lipinski definition) is 1. The summed E-state index contributed by atoms with van der Waals surface area (Å²) in [5.74, 6) is 0.103. The third-order valence-electron chi connectivity index (χ3n) is 3.72. The highest BCUT2D eigenvalue weighted by Gasteiger charge is 2.23. The number of benzene rings is 1. The molecule has 1 fully saturated rings. The Morgan fingerprint density at radius 1 is 1.43 bits per heavy atom. The van der Waals surface area contributed by atoms with Gasteiger partial charge in [-0.05, 0) is 49.8 Å². The lowest BCUT2D eigenvalue weighted by molar-refractivity contribution is -0.107. The highest BCUT2D eigenvalue weighted by Crippen LogP contribution is 2.31. The van der Waals surface area contributed by atoms with Crippen molar-refractivity contribution >= 4 is 16.3 Å². The Labute approximate surface area is 136 Å². The van der Waals surface area contributed by atoms with Crippen LogP contribution in [0.1, 0.15) is 44.2 Å². The molecule has 128 valence electrons. The first-order valence-corrected chi connectivity index (χ1v) is 9.42. The number of aldehydes is 1. The van der Waals surface area contributed by atoms with Crippen molar-refractivity contribution in [1.82, 2.24) is 4.72 Å². The summed E-state index contributed by atoms with van der Waals surface area (Å²) in [4.78, 5) is 10.3. The molecule has 0 aromatic heterocycles. The maximum Gasteiger partial charge on any atom is 0.212 e. The Bertz CT molecular complexity index is 643. The molecule has 1 saturated carbocycles. The van der Waals surface area contributed by atoms with Crippen molar-refractivity contribution in [2.24, 2.45) is 5.92 Å². The molecule has 0 aliphatic heterocycles. The first-order chi connectivity index (χ1) is 10.9. The summed E-state index contributed by atoms with van der Waals surface area (Å²) in [6.07, 6.45) is 3.41. The molecule has 1 aliphatic carbocycles. The van der Waals surface area contributed by atoms with Crippen LogP contribution in [0.3, 0.4) is 0 Å². The summed E-state index contributed by atoms with van der Waals surface area (Å²) in [6, 6.07) is 3.86. The summed E-state index contributed by atoms with van der Waals surface area (Å²) in [6.45, 7) is 2.18. The summed E-state index contributed by atoms with van der Waals surface area (Å²) in [7, 11) is -3.48. The minimum absolute atomic E-state index is 0.109. The van der Waals surface area contributed by atoms with E-state index in [0.717, 1.165) is 12.8 Å². The maximum absolute atomic E-state index is 13.8. The standard InChI is InChI=1S/C16H22FNO4S/c1-12(18-23(20,21)9-3-2-8-19)14-6-7-15(17)16(10-14)22-11-13-4-5-13/h6-8,10,12-13,18H,2-5,9,11H2,1H3/t12-/m1/s1. The second kappa shape index (κ2) is 7.88. The number of halogens is 1. The van der Waals surface area contributed by atoms with Crippen LogP contribution in [-0.2, 0) is 14.8 Å². The molecule has 0 amide bonds. The second-order valence-electron chi connectivity index (χ2n) is 5.91. The van der Waals surface area contributed by atoms with Gasteiger partial charge in [-0.15, -0.1) is 0 Å². The summed E-state index contributed by atoms with van der Waals surface area (Å²) in [5.41, 5.74) is 0.635. The molecular formula is C16H22FNO4S. The van der Waals surface area contributed by atoms with Gasteiger partial charge in [0.05, 0.1) is 12.4 Å². The zero-order valence-corrected chi connectivity index (χ0v) is 13.9. The third-order valence-corrected chi connectivity index (χ3v) is 5.26. The van der Waals surface area contributed by atoms with Gasteiger partial charge in [-0.2, -0.15) is 0 Å². The highest BCUT2D eigenvalue weighted by atomic mass is 32.2. The Morgan fingerprint density at radius 2 is 2.17 bits per heavy atom. The fraction of sp³-hybridized carbons (Fsp3) is 0.562. The number of unbranched alkanes of at least 4 members (excludes halogenated alkanes) is 1. The van der Waals surface area contributed by atoms with Gasteiger partial charge in [-0.1, -0.05) is 6.07 Å². The lowest BCUT2D eigenvalue weighted by Crippen LogP contribution is -2.29. The minimum atomic E-state index is -3.48. The van der Waals surface area contributed by atoms with Gasteiger partial charge in [0.2, 0.25) is 10.0 Å². The molecule has 1 aromatic carbocycles. The van der Waals surface area contributed by atoms with Crippen LogP contribution < -0.4 is 9.46 Å². The largest absolute Gasteiger partial charge is 0.490 e. The van der Waals surface area contributed by atoms with Crippen molar-refractivity contribution in [3.8, 4) is 5.75 Å². The van der Waals surface area contributed by atoms with Crippen LogP contribution in [0.15, 0.2) is 18.2 Å². The zero-order valence-electron chi connectivity index (χ0n) is 13.1. The monoisotopic (exact) mass is 343 g/mol. The van der Waals surface area contributed by atoms with Gasteiger partial charge in [0, 0.05) is 12.5 Å². The molecule has 0 spiro atoms. The molecule has 0 heterocycles. The molecule has 1 N–H and O–H groups in total. The molecule has 0 radical (unpaired) electrons. The number of carbonyl (C=O) groups is 1. The topological polar surface area (TPSA) is 72.5 Å².